The molecule has 0 amide bonds. The Labute approximate surface area is 160 Å². The highest BCUT2D eigenvalue weighted by atomic mass is 32.2. The molecule has 0 aromatic heterocycles. The normalized spacial score (nSPS) is 11.7. The fourth-order valence-electron chi connectivity index (χ4n) is 2.29. The summed E-state index contributed by atoms with van der Waals surface area (Å²) in [6.07, 6.45) is 0. The first-order valence-corrected chi connectivity index (χ1v) is 9.35. The summed E-state index contributed by atoms with van der Waals surface area (Å²) in [5, 5.41) is 27.8. The standard InChI is InChI=1S/C16H19N3O8S/c1-25-16-7-13(2-3-15(16)17-10-28(22,23)24)18-19-14-5-11(8-26-20)4-12(6-14)9-27-21/h2-7,17,20-21H,8-10H2,1H3,(H,22,23,24)/p-1. The SMILES string of the molecule is COc1cc(N=Nc2cc(COO)cc(COO)c2)ccc1NCS(=O)(=O)[O-]. The summed E-state index contributed by atoms with van der Waals surface area (Å²) in [5.41, 5.74) is 2.30. The van der Waals surface area contributed by atoms with Gasteiger partial charge in [-0.2, -0.15) is 10.2 Å². The maximum absolute atomic E-state index is 10.7. The Morgan fingerprint density at radius 2 is 1.61 bits per heavy atom. The quantitative estimate of drug-likeness (QED) is 0.230. The van der Waals surface area contributed by atoms with Gasteiger partial charge in [-0.15, -0.1) is 0 Å². The molecule has 0 saturated heterocycles. The van der Waals surface area contributed by atoms with Gasteiger partial charge >= 0.3 is 0 Å². The minimum Gasteiger partial charge on any atom is -0.747 e. The molecule has 0 aliphatic carbocycles. The molecule has 0 radical (unpaired) electrons. The van der Waals surface area contributed by atoms with Gasteiger partial charge in [-0.25, -0.2) is 18.2 Å². The van der Waals surface area contributed by atoms with Crippen molar-refractivity contribution in [3.05, 3.63) is 47.5 Å². The van der Waals surface area contributed by atoms with Crippen molar-refractivity contribution in [3.8, 4) is 5.75 Å². The topological polar surface area (TPSA) is 162 Å². The van der Waals surface area contributed by atoms with Crippen LogP contribution < -0.4 is 10.1 Å². The largest absolute Gasteiger partial charge is 0.747 e. The van der Waals surface area contributed by atoms with Gasteiger partial charge in [-0.1, -0.05) is 6.07 Å². The fourth-order valence-corrected chi connectivity index (χ4v) is 2.62. The number of nitrogens with one attached hydrogen (secondary N) is 1. The van der Waals surface area contributed by atoms with Crippen LogP contribution in [-0.2, 0) is 33.1 Å². The molecule has 0 heterocycles. The van der Waals surface area contributed by atoms with Crippen molar-refractivity contribution >= 4 is 27.2 Å². The molecule has 0 atom stereocenters. The highest BCUT2D eigenvalue weighted by Gasteiger charge is 2.06. The number of benzene rings is 2. The predicted octanol–water partition coefficient (Wildman–Crippen LogP) is 3.00. The van der Waals surface area contributed by atoms with Crippen LogP contribution in [0.5, 0.6) is 5.75 Å². The predicted molar refractivity (Wildman–Crippen MR) is 96.6 cm³/mol. The molecule has 0 aliphatic heterocycles. The molecule has 28 heavy (non-hydrogen) atoms. The number of nitrogens with zero attached hydrogens (tertiary/aromatic N) is 2. The Bertz CT molecular complexity index is 909. The van der Waals surface area contributed by atoms with E-state index in [-0.39, 0.29) is 19.0 Å². The summed E-state index contributed by atoms with van der Waals surface area (Å²) in [7, 11) is -3.05. The van der Waals surface area contributed by atoms with Gasteiger partial charge in [0.05, 0.1) is 24.2 Å². The molecule has 152 valence electrons. The third-order valence-corrected chi connectivity index (χ3v) is 3.90. The zero-order chi connectivity index (χ0) is 20.6. The Morgan fingerprint density at radius 3 is 2.14 bits per heavy atom. The van der Waals surface area contributed by atoms with Gasteiger partial charge in [0.25, 0.3) is 0 Å². The van der Waals surface area contributed by atoms with E-state index in [1.165, 1.54) is 19.2 Å². The molecule has 0 spiro atoms. The second-order valence-electron chi connectivity index (χ2n) is 5.52. The summed E-state index contributed by atoms with van der Waals surface area (Å²) < 4.78 is 37.4. The number of methoxy groups -OCH3 is 1. The third-order valence-electron chi connectivity index (χ3n) is 3.41. The number of hydrogen-bond acceptors (Lipinski definition) is 11. The van der Waals surface area contributed by atoms with Gasteiger partial charge < -0.3 is 14.6 Å². The van der Waals surface area contributed by atoms with E-state index in [1.807, 2.05) is 0 Å². The smallest absolute Gasteiger partial charge is 0.144 e. The van der Waals surface area contributed by atoms with E-state index in [4.69, 9.17) is 15.3 Å². The Morgan fingerprint density at radius 1 is 1.00 bits per heavy atom. The van der Waals surface area contributed by atoms with Crippen molar-refractivity contribution in [2.24, 2.45) is 10.2 Å². The fraction of sp³-hybridized carbons (Fsp3) is 0.250. The van der Waals surface area contributed by atoms with Gasteiger partial charge in [0, 0.05) is 6.07 Å². The molecule has 0 unspecified atom stereocenters. The van der Waals surface area contributed by atoms with Crippen molar-refractivity contribution in [3.63, 3.8) is 0 Å². The molecule has 12 heteroatoms. The van der Waals surface area contributed by atoms with E-state index < -0.39 is 16.0 Å². The second-order valence-corrected chi connectivity index (χ2v) is 6.92. The van der Waals surface area contributed by atoms with Crippen LogP contribution >= 0.6 is 0 Å². The van der Waals surface area contributed by atoms with E-state index >= 15 is 0 Å². The lowest BCUT2D eigenvalue weighted by Gasteiger charge is -2.13. The van der Waals surface area contributed by atoms with Crippen molar-refractivity contribution in [2.45, 2.75) is 13.2 Å². The molecule has 0 fully saturated rings. The van der Waals surface area contributed by atoms with Crippen molar-refractivity contribution in [2.75, 3.05) is 18.3 Å². The molecule has 2 aromatic carbocycles. The van der Waals surface area contributed by atoms with Gasteiger partial charge in [-0.3, -0.25) is 10.5 Å². The molecule has 2 rings (SSSR count). The van der Waals surface area contributed by atoms with Crippen LogP contribution in [-0.4, -0.2) is 36.5 Å². The van der Waals surface area contributed by atoms with Gasteiger partial charge in [0.1, 0.15) is 35.0 Å². The van der Waals surface area contributed by atoms with Crippen molar-refractivity contribution in [1.29, 1.82) is 0 Å². The first-order valence-electron chi connectivity index (χ1n) is 7.77. The lowest BCUT2D eigenvalue weighted by molar-refractivity contribution is -0.254. The average Bonchev–Trinajstić information content (AvgIpc) is 2.64. The second kappa shape index (κ2) is 10.1. The molecule has 11 nitrogen and oxygen atoms in total. The van der Waals surface area contributed by atoms with E-state index in [2.05, 4.69) is 25.3 Å². The van der Waals surface area contributed by atoms with Gasteiger partial charge in [-0.05, 0) is 35.4 Å². The van der Waals surface area contributed by atoms with E-state index in [1.54, 1.807) is 24.3 Å². The molecule has 3 N–H and O–H groups in total. The summed E-state index contributed by atoms with van der Waals surface area (Å²) in [6, 6.07) is 9.43. The maximum Gasteiger partial charge on any atom is 0.144 e. The highest BCUT2D eigenvalue weighted by Crippen LogP contribution is 2.30. The molecule has 0 aliphatic rings. The van der Waals surface area contributed by atoms with Gasteiger partial charge in [0.15, 0.2) is 0 Å². The Balaban J connectivity index is 2.23. The Kier molecular flexibility index (Phi) is 7.80. The first-order chi connectivity index (χ1) is 13.3. The molecule has 0 bridgehead atoms. The van der Waals surface area contributed by atoms with Crippen LogP contribution in [0.15, 0.2) is 46.6 Å². The van der Waals surface area contributed by atoms with Gasteiger partial charge in [0.2, 0.25) is 0 Å². The minimum atomic E-state index is -4.44. The number of azo groups is 1. The summed E-state index contributed by atoms with van der Waals surface area (Å²) >= 11 is 0. The molecular weight excluding hydrogens is 394 g/mol. The van der Waals surface area contributed by atoms with E-state index in [0.717, 1.165) is 0 Å². The van der Waals surface area contributed by atoms with Crippen molar-refractivity contribution in [1.82, 2.24) is 0 Å². The van der Waals surface area contributed by atoms with Crippen LogP contribution in [0.25, 0.3) is 0 Å². The molecule has 0 saturated carbocycles. The maximum atomic E-state index is 10.7. The monoisotopic (exact) mass is 412 g/mol. The number of hydrogen-bond donors (Lipinski definition) is 3. The lowest BCUT2D eigenvalue weighted by atomic mass is 10.1. The minimum absolute atomic E-state index is 0.0847. The third kappa shape index (κ3) is 6.84. The first kappa shape index (κ1) is 21.7. The van der Waals surface area contributed by atoms with Crippen LogP contribution in [0.2, 0.25) is 0 Å². The van der Waals surface area contributed by atoms with E-state index in [0.29, 0.717) is 28.2 Å². The average molecular weight is 412 g/mol. The summed E-state index contributed by atoms with van der Waals surface area (Å²) in [6.45, 7) is -0.169. The number of ether oxygens (including phenoxy) is 1. The summed E-state index contributed by atoms with van der Waals surface area (Å²) in [5.74, 6) is -0.503. The number of rotatable bonds is 10. The van der Waals surface area contributed by atoms with Crippen LogP contribution in [0, 0.1) is 0 Å². The zero-order valence-corrected chi connectivity index (χ0v) is 15.5. The Hall–Kier alpha value is -2.61. The summed E-state index contributed by atoms with van der Waals surface area (Å²) in [4.78, 5) is 8.21. The van der Waals surface area contributed by atoms with Crippen LogP contribution in [0.4, 0.5) is 17.1 Å². The van der Waals surface area contributed by atoms with Crippen LogP contribution in [0.1, 0.15) is 11.1 Å². The van der Waals surface area contributed by atoms with Crippen molar-refractivity contribution < 1.29 is 38.0 Å². The highest BCUT2D eigenvalue weighted by molar-refractivity contribution is 7.85. The molecule has 2 aromatic rings. The lowest BCUT2D eigenvalue weighted by Crippen LogP contribution is -2.13. The van der Waals surface area contributed by atoms with Crippen LogP contribution in [0.3, 0.4) is 0 Å². The van der Waals surface area contributed by atoms with E-state index in [9.17, 15) is 13.0 Å². The zero-order valence-electron chi connectivity index (χ0n) is 14.7. The number of anilines is 1. The molecular formula is C16H18N3O8S-.